The van der Waals surface area contributed by atoms with E-state index < -0.39 is 0 Å². The molecule has 0 saturated carbocycles. The minimum Gasteiger partial charge on any atom is -0.409 e. The summed E-state index contributed by atoms with van der Waals surface area (Å²) in [7, 11) is 0. The highest BCUT2D eigenvalue weighted by atomic mass is 35.5. The van der Waals surface area contributed by atoms with Crippen molar-refractivity contribution in [3.63, 3.8) is 0 Å². The Kier molecular flexibility index (Phi) is 4.65. The molecular weight excluding hydrogens is 282 g/mol. The van der Waals surface area contributed by atoms with Gasteiger partial charge in [0.25, 0.3) is 0 Å². The van der Waals surface area contributed by atoms with Crippen LogP contribution >= 0.6 is 23.4 Å². The molecule has 0 aliphatic carbocycles. The third-order valence-electron chi connectivity index (χ3n) is 2.43. The second-order valence-electron chi connectivity index (χ2n) is 3.76. The van der Waals surface area contributed by atoms with Crippen LogP contribution in [0.2, 0.25) is 5.02 Å². The van der Waals surface area contributed by atoms with Crippen LogP contribution in [0.5, 0.6) is 0 Å². The lowest BCUT2D eigenvalue weighted by molar-refractivity contribution is 0.318. The van der Waals surface area contributed by atoms with Crippen LogP contribution in [0.25, 0.3) is 0 Å². The third kappa shape index (κ3) is 3.62. The topological polar surface area (TPSA) is 71.5 Å². The maximum atomic E-state index is 8.65. The fraction of sp³-hybridized carbons (Fsp3) is 0.0769. The van der Waals surface area contributed by atoms with Gasteiger partial charge in [-0.05, 0) is 23.8 Å². The summed E-state index contributed by atoms with van der Waals surface area (Å²) in [5, 5.41) is 13.1. The van der Waals surface area contributed by atoms with Gasteiger partial charge in [0.2, 0.25) is 0 Å². The molecule has 0 aliphatic rings. The summed E-state index contributed by atoms with van der Waals surface area (Å²) < 4.78 is 0. The maximum Gasteiger partial charge on any atom is 0.170 e. The highest BCUT2D eigenvalue weighted by Gasteiger charge is 2.04. The van der Waals surface area contributed by atoms with Gasteiger partial charge in [-0.3, -0.25) is 0 Å². The highest BCUT2D eigenvalue weighted by molar-refractivity contribution is 7.98. The van der Waals surface area contributed by atoms with Gasteiger partial charge in [-0.25, -0.2) is 4.98 Å². The Morgan fingerprint density at radius 3 is 2.95 bits per heavy atom. The third-order valence-corrected chi connectivity index (χ3v) is 3.92. The molecule has 0 bridgehead atoms. The Morgan fingerprint density at radius 2 is 2.21 bits per heavy atom. The number of hydrogen-bond acceptors (Lipinski definition) is 4. The van der Waals surface area contributed by atoms with E-state index in [1.807, 2.05) is 24.3 Å². The SMILES string of the molecule is NC(=NO)c1cccc(CSc2ncccc2Cl)c1. The minimum atomic E-state index is 0.0997. The predicted molar refractivity (Wildman–Crippen MR) is 77.8 cm³/mol. The van der Waals surface area contributed by atoms with Gasteiger partial charge in [0.05, 0.1) is 5.02 Å². The van der Waals surface area contributed by atoms with Crippen LogP contribution in [0.3, 0.4) is 0 Å². The number of benzene rings is 1. The Bertz CT molecular complexity index is 604. The van der Waals surface area contributed by atoms with Gasteiger partial charge in [-0.15, -0.1) is 11.8 Å². The number of aromatic nitrogens is 1. The van der Waals surface area contributed by atoms with Gasteiger partial charge < -0.3 is 10.9 Å². The summed E-state index contributed by atoms with van der Waals surface area (Å²) in [6, 6.07) is 11.1. The van der Waals surface area contributed by atoms with Crippen LogP contribution in [0, 0.1) is 0 Å². The zero-order valence-corrected chi connectivity index (χ0v) is 11.5. The maximum absolute atomic E-state index is 8.65. The first-order valence-electron chi connectivity index (χ1n) is 5.51. The van der Waals surface area contributed by atoms with Gasteiger partial charge in [0.15, 0.2) is 5.84 Å². The van der Waals surface area contributed by atoms with E-state index in [1.165, 1.54) is 0 Å². The average Bonchev–Trinajstić information content (AvgIpc) is 2.46. The van der Waals surface area contributed by atoms with Gasteiger partial charge in [0.1, 0.15) is 5.03 Å². The first kappa shape index (κ1) is 13.7. The van der Waals surface area contributed by atoms with E-state index in [9.17, 15) is 0 Å². The van der Waals surface area contributed by atoms with Crippen molar-refractivity contribution in [2.24, 2.45) is 10.9 Å². The number of halogens is 1. The summed E-state index contributed by atoms with van der Waals surface area (Å²) >= 11 is 7.58. The molecule has 98 valence electrons. The average molecular weight is 294 g/mol. The summed E-state index contributed by atoms with van der Waals surface area (Å²) in [6.45, 7) is 0. The van der Waals surface area contributed by atoms with Crippen molar-refractivity contribution in [1.82, 2.24) is 4.98 Å². The van der Waals surface area contributed by atoms with Gasteiger partial charge >= 0.3 is 0 Å². The van der Waals surface area contributed by atoms with E-state index in [0.29, 0.717) is 16.3 Å². The number of thioether (sulfide) groups is 1. The number of pyridine rings is 1. The first-order valence-corrected chi connectivity index (χ1v) is 6.87. The molecular formula is C13H12ClN3OS. The summed E-state index contributed by atoms with van der Waals surface area (Å²) in [5.74, 6) is 0.811. The Labute approximate surface area is 120 Å². The molecule has 0 saturated heterocycles. The molecule has 0 unspecified atom stereocenters. The van der Waals surface area contributed by atoms with Crippen LogP contribution in [-0.2, 0) is 5.75 Å². The predicted octanol–water partition coefficient (Wildman–Crippen LogP) is 3.12. The van der Waals surface area contributed by atoms with E-state index in [2.05, 4.69) is 10.1 Å². The quantitative estimate of drug-likeness (QED) is 0.299. The fourth-order valence-electron chi connectivity index (χ4n) is 1.51. The summed E-state index contributed by atoms with van der Waals surface area (Å²) in [5.41, 5.74) is 7.29. The van der Waals surface area contributed by atoms with Crippen LogP contribution in [-0.4, -0.2) is 16.0 Å². The van der Waals surface area contributed by atoms with Crippen molar-refractivity contribution >= 4 is 29.2 Å². The molecule has 1 heterocycles. The van der Waals surface area contributed by atoms with Crippen LogP contribution in [0.1, 0.15) is 11.1 Å². The fourth-order valence-corrected chi connectivity index (χ4v) is 2.62. The first-order chi connectivity index (χ1) is 9.20. The molecule has 1 aromatic heterocycles. The lowest BCUT2D eigenvalue weighted by atomic mass is 10.1. The Balaban J connectivity index is 2.10. The largest absolute Gasteiger partial charge is 0.409 e. The number of nitrogens with zero attached hydrogens (tertiary/aromatic N) is 2. The monoisotopic (exact) mass is 293 g/mol. The summed E-state index contributed by atoms with van der Waals surface area (Å²) in [4.78, 5) is 4.21. The van der Waals surface area contributed by atoms with Gasteiger partial charge in [-0.1, -0.05) is 35.0 Å². The minimum absolute atomic E-state index is 0.0997. The molecule has 3 N–H and O–H groups in total. The molecule has 0 amide bonds. The number of oxime groups is 1. The molecule has 6 heteroatoms. The van der Waals surface area contributed by atoms with E-state index >= 15 is 0 Å². The zero-order chi connectivity index (χ0) is 13.7. The standard InChI is InChI=1S/C13H12ClN3OS/c14-11-5-2-6-16-13(11)19-8-9-3-1-4-10(7-9)12(15)17-18/h1-7,18H,8H2,(H2,15,17). The molecule has 2 rings (SSSR count). The van der Waals surface area contributed by atoms with Crippen molar-refractivity contribution in [2.75, 3.05) is 0 Å². The van der Waals surface area contributed by atoms with Gasteiger partial charge in [-0.2, -0.15) is 0 Å². The Morgan fingerprint density at radius 1 is 1.37 bits per heavy atom. The number of hydrogen-bond donors (Lipinski definition) is 2. The van der Waals surface area contributed by atoms with Crippen LogP contribution in [0.15, 0.2) is 52.8 Å². The van der Waals surface area contributed by atoms with Crippen LogP contribution < -0.4 is 5.73 Å². The molecule has 0 radical (unpaired) electrons. The molecule has 0 atom stereocenters. The molecule has 4 nitrogen and oxygen atoms in total. The molecule has 2 aromatic rings. The number of amidine groups is 1. The number of rotatable bonds is 4. The van der Waals surface area contributed by atoms with Crippen molar-refractivity contribution < 1.29 is 5.21 Å². The van der Waals surface area contributed by atoms with E-state index in [1.54, 1.807) is 30.1 Å². The zero-order valence-electron chi connectivity index (χ0n) is 9.95. The smallest absolute Gasteiger partial charge is 0.170 e. The molecule has 0 fully saturated rings. The number of nitrogens with two attached hydrogens (primary N) is 1. The van der Waals surface area contributed by atoms with Crippen molar-refractivity contribution in [1.29, 1.82) is 0 Å². The Hall–Kier alpha value is -1.72. The van der Waals surface area contributed by atoms with Crippen molar-refractivity contribution in [2.45, 2.75) is 10.8 Å². The van der Waals surface area contributed by atoms with Crippen molar-refractivity contribution in [3.8, 4) is 0 Å². The molecule has 0 aliphatic heterocycles. The van der Waals surface area contributed by atoms with E-state index in [0.717, 1.165) is 10.6 Å². The highest BCUT2D eigenvalue weighted by Crippen LogP contribution is 2.27. The van der Waals surface area contributed by atoms with E-state index in [-0.39, 0.29) is 5.84 Å². The van der Waals surface area contributed by atoms with Crippen LogP contribution in [0.4, 0.5) is 0 Å². The second-order valence-corrected chi connectivity index (χ2v) is 5.14. The molecule has 19 heavy (non-hydrogen) atoms. The van der Waals surface area contributed by atoms with E-state index in [4.69, 9.17) is 22.5 Å². The lowest BCUT2D eigenvalue weighted by Crippen LogP contribution is -2.13. The normalized spacial score (nSPS) is 11.5. The summed E-state index contributed by atoms with van der Waals surface area (Å²) in [6.07, 6.45) is 1.71. The molecule has 0 spiro atoms. The molecule has 1 aromatic carbocycles. The lowest BCUT2D eigenvalue weighted by Gasteiger charge is -2.05. The van der Waals surface area contributed by atoms with Crippen molar-refractivity contribution in [3.05, 3.63) is 58.7 Å². The van der Waals surface area contributed by atoms with Gasteiger partial charge in [0, 0.05) is 17.5 Å². The second kappa shape index (κ2) is 6.45.